The first-order valence-corrected chi connectivity index (χ1v) is 19.8. The Balaban J connectivity index is 0.867. The van der Waals surface area contributed by atoms with Crippen LogP contribution in [0.3, 0.4) is 0 Å². The number of aromatic nitrogens is 3. The van der Waals surface area contributed by atoms with Crippen LogP contribution in [0.4, 0.5) is 17.1 Å². The van der Waals surface area contributed by atoms with Crippen LogP contribution in [-0.4, -0.2) is 14.8 Å². The van der Waals surface area contributed by atoms with Crippen LogP contribution in [0, 0.1) is 0 Å². The minimum atomic E-state index is 0.477. The lowest BCUT2D eigenvalue weighted by atomic mass is 10.0. The number of rotatable bonds is 8. The third-order valence-corrected chi connectivity index (χ3v) is 11.2. The van der Waals surface area contributed by atoms with E-state index in [1.165, 1.54) is 43.7 Å². The molecule has 278 valence electrons. The van der Waals surface area contributed by atoms with Crippen molar-refractivity contribution >= 4 is 49.6 Å². The lowest BCUT2D eigenvalue weighted by molar-refractivity contribution is 0.584. The van der Waals surface area contributed by atoms with Gasteiger partial charge in [0.05, 0.1) is 11.0 Å². The highest BCUT2D eigenvalue weighted by molar-refractivity contribution is 6.10. The summed E-state index contributed by atoms with van der Waals surface area (Å²) in [5.74, 6) is 0.964. The highest BCUT2D eigenvalue weighted by Crippen LogP contribution is 2.39. The number of nitrogens with zero attached hydrogens (tertiary/aromatic N) is 4. The molecular formula is C54H36N4O. The van der Waals surface area contributed by atoms with Crippen LogP contribution < -0.4 is 4.90 Å². The van der Waals surface area contributed by atoms with Gasteiger partial charge in [-0.05, 0) is 130 Å². The van der Waals surface area contributed by atoms with E-state index >= 15 is 0 Å². The molecule has 0 spiro atoms. The van der Waals surface area contributed by atoms with E-state index in [4.69, 9.17) is 4.42 Å². The smallest absolute Gasteiger partial charge is 0.248 e. The molecule has 9 aromatic carbocycles. The fraction of sp³-hybridized carbons (Fsp3) is 0. The molecule has 2 aromatic heterocycles. The van der Waals surface area contributed by atoms with Gasteiger partial charge >= 0.3 is 0 Å². The maximum absolute atomic E-state index is 6.22. The van der Waals surface area contributed by atoms with Gasteiger partial charge in [0, 0.05) is 44.6 Å². The van der Waals surface area contributed by atoms with Crippen molar-refractivity contribution in [1.82, 2.24) is 14.8 Å². The van der Waals surface area contributed by atoms with E-state index in [9.17, 15) is 0 Å². The SMILES string of the molecule is c1ccc(N(c2ccc(-c3ccc4c(c3)c3ccccc3n4-c3ccccc3)cc2)c2ccc(-c3nnc(-c4ccc(-c5ccc6ccccc6c5)cc4)o3)cc2)cc1. The summed E-state index contributed by atoms with van der Waals surface area (Å²) in [7, 11) is 0. The summed E-state index contributed by atoms with van der Waals surface area (Å²) in [6, 6.07) is 76.9. The van der Waals surface area contributed by atoms with Gasteiger partial charge in [-0.2, -0.15) is 0 Å². The summed E-state index contributed by atoms with van der Waals surface area (Å²) in [6.45, 7) is 0. The first kappa shape index (κ1) is 34.2. The molecule has 0 bridgehead atoms. The Morgan fingerprint density at radius 1 is 0.339 bits per heavy atom. The maximum atomic E-state index is 6.22. The van der Waals surface area contributed by atoms with E-state index < -0.39 is 0 Å². The first-order chi connectivity index (χ1) is 29.2. The van der Waals surface area contributed by atoms with Crippen LogP contribution in [0.1, 0.15) is 0 Å². The number of anilines is 3. The minimum Gasteiger partial charge on any atom is -0.416 e. The summed E-state index contributed by atoms with van der Waals surface area (Å²) < 4.78 is 8.57. The fourth-order valence-corrected chi connectivity index (χ4v) is 8.22. The molecule has 0 saturated carbocycles. The number of para-hydroxylation sites is 3. The van der Waals surface area contributed by atoms with Crippen LogP contribution in [0.2, 0.25) is 0 Å². The van der Waals surface area contributed by atoms with Gasteiger partial charge in [-0.1, -0.05) is 121 Å². The van der Waals surface area contributed by atoms with Crippen LogP contribution in [-0.2, 0) is 0 Å². The predicted octanol–water partition coefficient (Wildman–Crippen LogP) is 14.5. The third kappa shape index (κ3) is 6.32. The van der Waals surface area contributed by atoms with Crippen LogP contribution in [0.15, 0.2) is 223 Å². The summed E-state index contributed by atoms with van der Waals surface area (Å²) in [5.41, 5.74) is 13.1. The molecule has 0 saturated heterocycles. The summed E-state index contributed by atoms with van der Waals surface area (Å²) in [6.07, 6.45) is 0. The van der Waals surface area contributed by atoms with E-state index in [0.29, 0.717) is 11.8 Å². The lowest BCUT2D eigenvalue weighted by Gasteiger charge is -2.25. The van der Waals surface area contributed by atoms with Gasteiger partial charge in [0.2, 0.25) is 11.8 Å². The van der Waals surface area contributed by atoms with Gasteiger partial charge < -0.3 is 13.9 Å². The molecule has 59 heavy (non-hydrogen) atoms. The minimum absolute atomic E-state index is 0.477. The predicted molar refractivity (Wildman–Crippen MR) is 243 cm³/mol. The molecule has 0 aliphatic carbocycles. The molecule has 5 heteroatoms. The molecule has 0 atom stereocenters. The molecule has 2 heterocycles. The molecule has 5 nitrogen and oxygen atoms in total. The quantitative estimate of drug-likeness (QED) is 0.155. The standard InChI is InChI=1S/C54H36N4O/c1-3-13-45(14-4-1)57(47-30-25-39(26-31-47)44-29-34-52-50(36-44)49-17-9-10-18-51(49)58(52)46-15-5-2-6-16-46)48-32-27-41(28-33-48)54-56-55-53(59-54)40-22-19-38(20-23-40)43-24-21-37-11-7-8-12-42(37)35-43/h1-36H. The zero-order chi connectivity index (χ0) is 39.1. The van der Waals surface area contributed by atoms with Gasteiger partial charge in [-0.15, -0.1) is 10.2 Å². The normalized spacial score (nSPS) is 11.4. The zero-order valence-electron chi connectivity index (χ0n) is 32.0. The molecular weight excluding hydrogens is 721 g/mol. The Labute approximate surface area is 341 Å². The Morgan fingerprint density at radius 3 is 1.51 bits per heavy atom. The molecule has 11 aromatic rings. The molecule has 0 unspecified atom stereocenters. The molecule has 0 fully saturated rings. The zero-order valence-corrected chi connectivity index (χ0v) is 32.0. The van der Waals surface area contributed by atoms with E-state index in [0.717, 1.165) is 45.0 Å². The number of benzene rings is 9. The van der Waals surface area contributed by atoms with Crippen LogP contribution in [0.25, 0.3) is 83.4 Å². The largest absolute Gasteiger partial charge is 0.416 e. The average molecular weight is 757 g/mol. The van der Waals surface area contributed by atoms with Crippen molar-refractivity contribution in [3.63, 3.8) is 0 Å². The highest BCUT2D eigenvalue weighted by Gasteiger charge is 2.17. The first-order valence-electron chi connectivity index (χ1n) is 19.8. The molecule has 0 aliphatic rings. The van der Waals surface area contributed by atoms with Gasteiger partial charge in [0.1, 0.15) is 0 Å². The molecule has 0 amide bonds. The monoisotopic (exact) mass is 756 g/mol. The highest BCUT2D eigenvalue weighted by atomic mass is 16.4. The van der Waals surface area contributed by atoms with Crippen molar-refractivity contribution < 1.29 is 4.42 Å². The summed E-state index contributed by atoms with van der Waals surface area (Å²) in [5, 5.41) is 13.8. The van der Waals surface area contributed by atoms with Crippen molar-refractivity contribution in [2.45, 2.75) is 0 Å². The van der Waals surface area contributed by atoms with Crippen molar-refractivity contribution in [2.24, 2.45) is 0 Å². The second-order valence-electron chi connectivity index (χ2n) is 14.7. The second-order valence-corrected chi connectivity index (χ2v) is 14.7. The molecule has 0 aliphatic heterocycles. The van der Waals surface area contributed by atoms with Crippen molar-refractivity contribution in [2.75, 3.05) is 4.90 Å². The van der Waals surface area contributed by atoms with Crippen molar-refractivity contribution in [1.29, 1.82) is 0 Å². The van der Waals surface area contributed by atoms with E-state index in [1.54, 1.807) is 0 Å². The molecule has 0 N–H and O–H groups in total. The topological polar surface area (TPSA) is 47.1 Å². The number of fused-ring (bicyclic) bond motifs is 4. The average Bonchev–Trinajstić information content (AvgIpc) is 3.94. The van der Waals surface area contributed by atoms with Crippen molar-refractivity contribution in [3.8, 4) is 50.8 Å². The van der Waals surface area contributed by atoms with E-state index in [2.05, 4.69) is 208 Å². The molecule has 11 rings (SSSR count). The second kappa shape index (κ2) is 14.5. The van der Waals surface area contributed by atoms with Gasteiger partial charge in [0.25, 0.3) is 0 Å². The fourth-order valence-electron chi connectivity index (χ4n) is 8.22. The molecule has 0 radical (unpaired) electrons. The van der Waals surface area contributed by atoms with Gasteiger partial charge in [0.15, 0.2) is 0 Å². The third-order valence-electron chi connectivity index (χ3n) is 11.2. The van der Waals surface area contributed by atoms with Crippen molar-refractivity contribution in [3.05, 3.63) is 218 Å². The van der Waals surface area contributed by atoms with E-state index in [1.807, 2.05) is 30.3 Å². The number of hydrogen-bond acceptors (Lipinski definition) is 4. The lowest BCUT2D eigenvalue weighted by Crippen LogP contribution is -2.09. The van der Waals surface area contributed by atoms with Gasteiger partial charge in [-0.25, -0.2) is 0 Å². The maximum Gasteiger partial charge on any atom is 0.248 e. The van der Waals surface area contributed by atoms with E-state index in [-0.39, 0.29) is 0 Å². The Hall–Kier alpha value is -8.02. The van der Waals surface area contributed by atoms with Crippen LogP contribution >= 0.6 is 0 Å². The Bertz CT molecular complexity index is 3240. The summed E-state index contributed by atoms with van der Waals surface area (Å²) >= 11 is 0. The van der Waals surface area contributed by atoms with Gasteiger partial charge in [-0.3, -0.25) is 0 Å². The number of hydrogen-bond donors (Lipinski definition) is 0. The Kier molecular flexibility index (Phi) is 8.41. The van der Waals surface area contributed by atoms with Crippen LogP contribution in [0.5, 0.6) is 0 Å². The Morgan fingerprint density at radius 2 is 0.814 bits per heavy atom. The summed E-state index contributed by atoms with van der Waals surface area (Å²) in [4.78, 5) is 2.26.